The van der Waals surface area contributed by atoms with E-state index in [4.69, 9.17) is 15.4 Å². The molecule has 0 bridgehead atoms. The minimum absolute atomic E-state index is 0.0220. The van der Waals surface area contributed by atoms with Crippen molar-refractivity contribution in [2.45, 2.75) is 37.1 Å². The van der Waals surface area contributed by atoms with E-state index >= 15 is 0 Å². The Bertz CT molecular complexity index is 627. The minimum atomic E-state index is -3.82. The quantitative estimate of drug-likeness (QED) is 0.866. The van der Waals surface area contributed by atoms with Crippen LogP contribution in [0, 0.1) is 0 Å². The van der Waals surface area contributed by atoms with Crippen molar-refractivity contribution in [3.63, 3.8) is 0 Å². The zero-order valence-electron chi connectivity index (χ0n) is 11.2. The van der Waals surface area contributed by atoms with E-state index in [0.29, 0.717) is 24.3 Å². The van der Waals surface area contributed by atoms with Crippen molar-refractivity contribution in [2.24, 2.45) is 0 Å². The Morgan fingerprint density at radius 1 is 1.45 bits per heavy atom. The first-order valence-electron chi connectivity index (χ1n) is 6.31. The van der Waals surface area contributed by atoms with E-state index in [0.717, 1.165) is 0 Å². The van der Waals surface area contributed by atoms with Gasteiger partial charge in [-0.25, -0.2) is 8.42 Å². The number of amides is 1. The number of fused-ring (bicyclic) bond motifs is 1. The van der Waals surface area contributed by atoms with Crippen molar-refractivity contribution in [1.82, 2.24) is 5.32 Å². The van der Waals surface area contributed by atoms with Crippen molar-refractivity contribution < 1.29 is 17.9 Å². The number of benzene rings is 1. The lowest BCUT2D eigenvalue weighted by atomic mass is 9.92. The molecule has 20 heavy (non-hydrogen) atoms. The third-order valence-electron chi connectivity index (χ3n) is 3.05. The van der Waals surface area contributed by atoms with Crippen LogP contribution in [0.15, 0.2) is 23.1 Å². The van der Waals surface area contributed by atoms with Crippen LogP contribution < -0.4 is 10.1 Å². The molecule has 1 N–H and O–H groups in total. The smallest absolute Gasteiger partial charge is 0.261 e. The lowest BCUT2D eigenvalue weighted by Gasteiger charge is -2.26. The van der Waals surface area contributed by atoms with E-state index in [2.05, 4.69) is 5.32 Å². The van der Waals surface area contributed by atoms with Gasteiger partial charge in [0, 0.05) is 22.3 Å². The molecule has 2 rings (SSSR count). The molecule has 1 aromatic carbocycles. The fraction of sp³-hybridized carbons (Fsp3) is 0.462. The van der Waals surface area contributed by atoms with Gasteiger partial charge in [0.15, 0.2) is 0 Å². The topological polar surface area (TPSA) is 72.5 Å². The fourth-order valence-corrected chi connectivity index (χ4v) is 2.97. The van der Waals surface area contributed by atoms with E-state index in [9.17, 15) is 13.2 Å². The number of carbonyl (C=O) groups is 1. The molecule has 0 spiro atoms. The molecule has 110 valence electrons. The molecule has 1 unspecified atom stereocenters. The lowest BCUT2D eigenvalue weighted by molar-refractivity contribution is -0.123. The summed E-state index contributed by atoms with van der Waals surface area (Å²) in [6.45, 7) is 4.17. The highest BCUT2D eigenvalue weighted by molar-refractivity contribution is 8.13. The summed E-state index contributed by atoms with van der Waals surface area (Å²) in [4.78, 5) is 12.2. The SMILES string of the molecule is CC(C)NC(=O)C1CCOc2ccc(S(=O)(=O)Cl)cc21. The summed E-state index contributed by atoms with van der Waals surface area (Å²) in [7, 11) is 1.52. The lowest BCUT2D eigenvalue weighted by Crippen LogP contribution is -2.36. The van der Waals surface area contributed by atoms with Crippen LogP contribution in [0.4, 0.5) is 0 Å². The third-order valence-corrected chi connectivity index (χ3v) is 4.40. The molecule has 0 fully saturated rings. The summed E-state index contributed by atoms with van der Waals surface area (Å²) in [6.07, 6.45) is 0.511. The highest BCUT2D eigenvalue weighted by Crippen LogP contribution is 2.36. The molecular formula is C13H16ClNO4S. The maximum Gasteiger partial charge on any atom is 0.261 e. The molecular weight excluding hydrogens is 302 g/mol. The second kappa shape index (κ2) is 5.61. The minimum Gasteiger partial charge on any atom is -0.493 e. The molecule has 1 amide bonds. The second-order valence-electron chi connectivity index (χ2n) is 4.99. The maximum absolute atomic E-state index is 12.2. The number of nitrogens with one attached hydrogen (secondary N) is 1. The molecule has 0 saturated carbocycles. The van der Waals surface area contributed by atoms with Crippen LogP contribution in [0.25, 0.3) is 0 Å². The van der Waals surface area contributed by atoms with E-state index in [-0.39, 0.29) is 16.8 Å². The zero-order chi connectivity index (χ0) is 14.9. The summed E-state index contributed by atoms with van der Waals surface area (Å²) in [6, 6.07) is 4.36. The molecule has 0 saturated heterocycles. The number of ether oxygens (including phenoxy) is 1. The molecule has 1 aliphatic rings. The van der Waals surface area contributed by atoms with Crippen LogP contribution >= 0.6 is 10.7 Å². The number of hydrogen-bond donors (Lipinski definition) is 1. The summed E-state index contributed by atoms with van der Waals surface area (Å²) < 4.78 is 28.3. The van der Waals surface area contributed by atoms with Gasteiger partial charge >= 0.3 is 0 Å². The molecule has 1 atom stereocenters. The highest BCUT2D eigenvalue weighted by atomic mass is 35.7. The maximum atomic E-state index is 12.2. The first kappa shape index (κ1) is 15.1. The van der Waals surface area contributed by atoms with Gasteiger partial charge in [0.1, 0.15) is 5.75 Å². The van der Waals surface area contributed by atoms with Crippen molar-refractivity contribution in [3.05, 3.63) is 23.8 Å². The van der Waals surface area contributed by atoms with Crippen molar-refractivity contribution in [1.29, 1.82) is 0 Å². The zero-order valence-corrected chi connectivity index (χ0v) is 12.8. The van der Waals surface area contributed by atoms with Gasteiger partial charge in [0.2, 0.25) is 5.91 Å². The Hall–Kier alpha value is -1.27. The number of hydrogen-bond acceptors (Lipinski definition) is 4. The van der Waals surface area contributed by atoms with Crippen LogP contribution in [-0.4, -0.2) is 27.0 Å². The predicted molar refractivity (Wildman–Crippen MR) is 75.6 cm³/mol. The van der Waals surface area contributed by atoms with Crippen molar-refractivity contribution >= 4 is 25.6 Å². The van der Waals surface area contributed by atoms with Gasteiger partial charge in [-0.1, -0.05) is 0 Å². The van der Waals surface area contributed by atoms with E-state index < -0.39 is 15.0 Å². The van der Waals surface area contributed by atoms with Gasteiger partial charge in [-0.05, 0) is 38.5 Å². The monoisotopic (exact) mass is 317 g/mol. The standard InChI is InChI=1S/C13H16ClNO4S/c1-8(2)15-13(16)10-5-6-19-12-4-3-9(7-11(10)12)20(14,17)18/h3-4,7-8,10H,5-6H2,1-2H3,(H,15,16). The van der Waals surface area contributed by atoms with Gasteiger partial charge < -0.3 is 10.1 Å². The summed E-state index contributed by atoms with van der Waals surface area (Å²) in [5, 5.41) is 2.83. The van der Waals surface area contributed by atoms with Crippen LogP contribution in [0.1, 0.15) is 31.7 Å². The molecule has 7 heteroatoms. The Kier molecular flexibility index (Phi) is 4.25. The van der Waals surface area contributed by atoms with E-state index in [1.165, 1.54) is 12.1 Å². The van der Waals surface area contributed by atoms with Crippen molar-refractivity contribution in [3.8, 4) is 5.75 Å². The van der Waals surface area contributed by atoms with E-state index in [1.54, 1.807) is 6.07 Å². The Morgan fingerprint density at radius 3 is 2.75 bits per heavy atom. The molecule has 1 aromatic rings. The largest absolute Gasteiger partial charge is 0.493 e. The molecule has 0 aromatic heterocycles. The van der Waals surface area contributed by atoms with Crippen LogP contribution in [0.3, 0.4) is 0 Å². The Labute approximate surface area is 122 Å². The normalized spacial score (nSPS) is 18.3. The van der Waals surface area contributed by atoms with Gasteiger partial charge in [-0.3, -0.25) is 4.79 Å². The summed E-state index contributed by atoms with van der Waals surface area (Å²) >= 11 is 0. The molecule has 5 nitrogen and oxygen atoms in total. The van der Waals surface area contributed by atoms with E-state index in [1.807, 2.05) is 13.8 Å². The van der Waals surface area contributed by atoms with Gasteiger partial charge in [0.05, 0.1) is 17.4 Å². The fourth-order valence-electron chi connectivity index (χ4n) is 2.18. The molecule has 0 aliphatic carbocycles. The second-order valence-corrected chi connectivity index (χ2v) is 7.56. The van der Waals surface area contributed by atoms with Gasteiger partial charge in [-0.2, -0.15) is 0 Å². The van der Waals surface area contributed by atoms with Gasteiger partial charge in [-0.15, -0.1) is 0 Å². The van der Waals surface area contributed by atoms with Gasteiger partial charge in [0.25, 0.3) is 9.05 Å². The van der Waals surface area contributed by atoms with Crippen LogP contribution in [-0.2, 0) is 13.8 Å². The van der Waals surface area contributed by atoms with Crippen molar-refractivity contribution in [2.75, 3.05) is 6.61 Å². The third kappa shape index (κ3) is 3.24. The predicted octanol–water partition coefficient (Wildman–Crippen LogP) is 2.00. The average molecular weight is 318 g/mol. The summed E-state index contributed by atoms with van der Waals surface area (Å²) in [5.74, 6) is -0.0163. The first-order valence-corrected chi connectivity index (χ1v) is 8.62. The number of halogens is 1. The molecule has 1 aliphatic heterocycles. The number of rotatable bonds is 3. The molecule has 1 heterocycles. The first-order chi connectivity index (χ1) is 9.29. The molecule has 0 radical (unpaired) electrons. The number of carbonyl (C=O) groups excluding carboxylic acids is 1. The Balaban J connectivity index is 2.41. The highest BCUT2D eigenvalue weighted by Gasteiger charge is 2.29. The average Bonchev–Trinajstić information content (AvgIpc) is 2.35. The Morgan fingerprint density at radius 2 is 2.15 bits per heavy atom. The van der Waals surface area contributed by atoms with Crippen LogP contribution in [0.5, 0.6) is 5.75 Å². The van der Waals surface area contributed by atoms with Crippen LogP contribution in [0.2, 0.25) is 0 Å². The summed E-state index contributed by atoms with van der Waals surface area (Å²) in [5.41, 5.74) is 0.566.